The van der Waals surface area contributed by atoms with Crippen LogP contribution in [0.3, 0.4) is 0 Å². The maximum Gasteiger partial charge on any atom is 0.326 e. The highest BCUT2D eigenvalue weighted by Gasteiger charge is 2.39. The number of anilines is 1. The Morgan fingerprint density at radius 2 is 1.88 bits per heavy atom. The normalized spacial score (nSPS) is 17.5. The van der Waals surface area contributed by atoms with E-state index in [1.165, 1.54) is 6.33 Å². The van der Waals surface area contributed by atoms with Crippen LogP contribution in [0.1, 0.15) is 92.4 Å². The highest BCUT2D eigenvalue weighted by atomic mass is 31.2. The predicted molar refractivity (Wildman–Crippen MR) is 161 cm³/mol. The Morgan fingerprint density at radius 1 is 1.14 bits per heavy atom. The molecule has 0 saturated heterocycles. The smallest absolute Gasteiger partial charge is 0.326 e. The Kier molecular flexibility index (Phi) is 12.7. The summed E-state index contributed by atoms with van der Waals surface area (Å²) in [6.07, 6.45) is 10.8. The molecule has 14 heteroatoms. The van der Waals surface area contributed by atoms with Gasteiger partial charge < -0.3 is 24.5 Å². The lowest BCUT2D eigenvalue weighted by molar-refractivity contribution is -0.152. The predicted octanol–water partition coefficient (Wildman–Crippen LogP) is 4.31. The first-order valence-electron chi connectivity index (χ1n) is 15.0. The number of nitrogens with zero attached hydrogens (tertiary/aromatic N) is 4. The third kappa shape index (κ3) is 10.00. The molecule has 1 fully saturated rings. The number of rotatable bonds is 17. The molecule has 236 valence electrons. The number of fused-ring (bicyclic) bond motifs is 1. The molecule has 0 aliphatic heterocycles. The van der Waals surface area contributed by atoms with Gasteiger partial charge in [0, 0.05) is 0 Å². The van der Waals surface area contributed by atoms with Crippen molar-refractivity contribution >= 4 is 36.4 Å². The van der Waals surface area contributed by atoms with Crippen LogP contribution in [0.5, 0.6) is 0 Å². The number of hydrogen-bond donors (Lipinski definition) is 3. The monoisotopic (exact) mass is 609 g/mol. The Morgan fingerprint density at radius 3 is 2.60 bits per heavy atom. The van der Waals surface area contributed by atoms with E-state index < -0.39 is 37.1 Å². The van der Waals surface area contributed by atoms with Crippen molar-refractivity contribution in [2.45, 2.75) is 123 Å². The fraction of sp³-hybridized carbons (Fsp3) is 0.750. The van der Waals surface area contributed by atoms with Crippen molar-refractivity contribution < 1.29 is 28.4 Å². The number of hydrogen-bond acceptors (Lipinski definition) is 10. The number of carbonyl (C=O) groups is 2. The summed E-state index contributed by atoms with van der Waals surface area (Å²) in [7, 11) is -3.70. The van der Waals surface area contributed by atoms with Crippen molar-refractivity contribution in [2.24, 2.45) is 0 Å². The number of nitrogens with two attached hydrogens (primary N) is 1. The number of ether oxygens (including phenoxy) is 3. The standard InChI is InChI=1S/C28H48N7O6P/c1-6-7-8-12-15-39-27(37)28(4,5)34-42(38,33-21(3)26(36)41-22-13-10-9-11-14-22)19-40-20(2)16-35-18-32-23-24(29)30-17-31-25(23)35/h17-18,20-22H,6-16,19H2,1-5H3,(H2,29,30,31)(H2,33,34,38)/t20-,21-,42+/m1/s1. The van der Waals surface area contributed by atoms with Gasteiger partial charge in [-0.3, -0.25) is 14.2 Å². The quantitative estimate of drug-likeness (QED) is 0.132. The van der Waals surface area contributed by atoms with Crippen LogP contribution in [-0.2, 0) is 34.9 Å². The molecule has 1 saturated carbocycles. The molecule has 0 unspecified atom stereocenters. The van der Waals surface area contributed by atoms with Crippen LogP contribution in [0.2, 0.25) is 0 Å². The highest BCUT2D eigenvalue weighted by Crippen LogP contribution is 2.40. The molecule has 0 amide bonds. The van der Waals surface area contributed by atoms with Gasteiger partial charge >= 0.3 is 11.9 Å². The number of imidazole rings is 1. The lowest BCUT2D eigenvalue weighted by atomic mass is 9.98. The topological polar surface area (TPSA) is 173 Å². The second-order valence-corrected chi connectivity index (χ2v) is 13.9. The van der Waals surface area contributed by atoms with Gasteiger partial charge in [-0.2, -0.15) is 0 Å². The molecular formula is C28H48N7O6P. The van der Waals surface area contributed by atoms with E-state index in [4.69, 9.17) is 19.9 Å². The van der Waals surface area contributed by atoms with Crippen molar-refractivity contribution in [2.75, 3.05) is 18.7 Å². The minimum Gasteiger partial charge on any atom is -0.464 e. The van der Waals surface area contributed by atoms with E-state index in [-0.39, 0.29) is 24.9 Å². The molecule has 13 nitrogen and oxygen atoms in total. The van der Waals surface area contributed by atoms with E-state index in [1.807, 2.05) is 6.92 Å². The first-order valence-corrected chi connectivity index (χ1v) is 16.9. The molecule has 1 aliphatic carbocycles. The van der Waals surface area contributed by atoms with Crippen molar-refractivity contribution in [3.8, 4) is 0 Å². The van der Waals surface area contributed by atoms with Gasteiger partial charge in [-0.25, -0.2) is 25.1 Å². The third-order valence-corrected chi connectivity index (χ3v) is 9.45. The van der Waals surface area contributed by atoms with Crippen LogP contribution in [0.4, 0.5) is 5.82 Å². The van der Waals surface area contributed by atoms with E-state index >= 15 is 0 Å². The maximum atomic E-state index is 14.3. The number of nitrogen functional groups attached to an aromatic ring is 1. The summed E-state index contributed by atoms with van der Waals surface area (Å²) in [6, 6.07) is -0.901. The Labute approximate surface area is 248 Å². The lowest BCUT2D eigenvalue weighted by Crippen LogP contribution is -2.50. The molecule has 0 aromatic carbocycles. The molecule has 2 heterocycles. The number of nitrogens with one attached hydrogen (secondary N) is 2. The van der Waals surface area contributed by atoms with E-state index in [0.29, 0.717) is 17.7 Å². The first kappa shape index (κ1) is 33.9. The number of aromatic nitrogens is 4. The Hall–Kier alpha value is -2.60. The van der Waals surface area contributed by atoms with Crippen molar-refractivity contribution in [3.05, 3.63) is 12.7 Å². The fourth-order valence-corrected chi connectivity index (χ4v) is 7.28. The second-order valence-electron chi connectivity index (χ2n) is 11.7. The largest absolute Gasteiger partial charge is 0.464 e. The van der Waals surface area contributed by atoms with Gasteiger partial charge in [-0.05, 0) is 59.8 Å². The Balaban J connectivity index is 1.68. The van der Waals surface area contributed by atoms with Gasteiger partial charge in [0.05, 0.1) is 25.6 Å². The summed E-state index contributed by atoms with van der Waals surface area (Å²) in [5.41, 5.74) is 5.62. The third-order valence-electron chi connectivity index (χ3n) is 7.22. The molecule has 0 spiro atoms. The van der Waals surface area contributed by atoms with Gasteiger partial charge in [0.2, 0.25) is 7.44 Å². The van der Waals surface area contributed by atoms with Crippen LogP contribution in [0, 0.1) is 0 Å². The number of unbranched alkanes of at least 4 members (excludes halogenated alkanes) is 3. The highest BCUT2D eigenvalue weighted by molar-refractivity contribution is 7.59. The van der Waals surface area contributed by atoms with Crippen molar-refractivity contribution in [1.82, 2.24) is 29.7 Å². The molecule has 1 aliphatic rings. The van der Waals surface area contributed by atoms with E-state index in [0.717, 1.165) is 57.8 Å². The van der Waals surface area contributed by atoms with Crippen LogP contribution in [0.25, 0.3) is 11.2 Å². The molecule has 2 aromatic heterocycles. The van der Waals surface area contributed by atoms with Crippen LogP contribution < -0.4 is 15.9 Å². The van der Waals surface area contributed by atoms with E-state index in [1.54, 1.807) is 31.7 Å². The number of carbonyl (C=O) groups excluding carboxylic acids is 2. The van der Waals surface area contributed by atoms with Crippen molar-refractivity contribution in [1.29, 1.82) is 0 Å². The van der Waals surface area contributed by atoms with Crippen molar-refractivity contribution in [3.63, 3.8) is 0 Å². The molecule has 42 heavy (non-hydrogen) atoms. The molecule has 3 rings (SSSR count). The second kappa shape index (κ2) is 15.7. The lowest BCUT2D eigenvalue weighted by Gasteiger charge is -2.33. The molecule has 2 aromatic rings. The van der Waals surface area contributed by atoms with Crippen LogP contribution in [0.15, 0.2) is 12.7 Å². The summed E-state index contributed by atoms with van der Waals surface area (Å²) in [5.74, 6) is -0.747. The van der Waals surface area contributed by atoms with Gasteiger partial charge in [0.1, 0.15) is 35.9 Å². The maximum absolute atomic E-state index is 14.3. The first-order chi connectivity index (χ1) is 19.9. The summed E-state index contributed by atoms with van der Waals surface area (Å²) in [4.78, 5) is 38.4. The summed E-state index contributed by atoms with van der Waals surface area (Å²) in [6.45, 7) is 9.36. The minimum atomic E-state index is -3.70. The summed E-state index contributed by atoms with van der Waals surface area (Å²) >= 11 is 0. The van der Waals surface area contributed by atoms with Crippen LogP contribution >= 0.6 is 7.44 Å². The SMILES string of the molecule is CCCCCCOC(=O)C(C)(C)N[P@](=O)(CO[C@H](C)Cn1cnc2c(N)ncnc21)N[C@H](C)C(=O)OC1CCCCC1. The minimum absolute atomic E-state index is 0.138. The zero-order valence-electron chi connectivity index (χ0n) is 25.6. The average molecular weight is 610 g/mol. The molecular weight excluding hydrogens is 561 g/mol. The molecule has 3 atom stereocenters. The number of esters is 2. The average Bonchev–Trinajstić information content (AvgIpc) is 3.35. The fourth-order valence-electron chi connectivity index (χ4n) is 4.88. The van der Waals surface area contributed by atoms with E-state index in [9.17, 15) is 14.2 Å². The summed E-state index contributed by atoms with van der Waals surface area (Å²) in [5, 5.41) is 5.85. The zero-order chi connectivity index (χ0) is 30.8. The van der Waals surface area contributed by atoms with Crippen LogP contribution in [-0.4, -0.2) is 68.2 Å². The molecule has 0 radical (unpaired) electrons. The van der Waals surface area contributed by atoms with Gasteiger partial charge in [0.25, 0.3) is 0 Å². The van der Waals surface area contributed by atoms with Gasteiger partial charge in [-0.15, -0.1) is 0 Å². The van der Waals surface area contributed by atoms with E-state index in [2.05, 4.69) is 32.1 Å². The van der Waals surface area contributed by atoms with Gasteiger partial charge in [-0.1, -0.05) is 32.6 Å². The molecule has 4 N–H and O–H groups in total. The Bertz CT molecular complexity index is 1220. The molecule has 0 bridgehead atoms. The zero-order valence-corrected chi connectivity index (χ0v) is 26.5. The van der Waals surface area contributed by atoms with Gasteiger partial charge in [0.15, 0.2) is 11.5 Å². The summed E-state index contributed by atoms with van der Waals surface area (Å²) < 4.78 is 33.3.